The van der Waals surface area contributed by atoms with Crippen LogP contribution >= 0.6 is 0 Å². The molecule has 2 saturated carbocycles. The van der Waals surface area contributed by atoms with Crippen molar-refractivity contribution in [1.82, 2.24) is 0 Å². The summed E-state index contributed by atoms with van der Waals surface area (Å²) in [7, 11) is 0. The van der Waals surface area contributed by atoms with E-state index < -0.39 is 5.79 Å². The van der Waals surface area contributed by atoms with Crippen LogP contribution in [0.4, 0.5) is 0 Å². The minimum atomic E-state index is -1.16. The number of carbonyl (C=O) groups excluding carboxylic acids is 1. The lowest BCUT2D eigenvalue weighted by atomic mass is 9.65. The summed E-state index contributed by atoms with van der Waals surface area (Å²) in [5.74, 6) is -1.20. The lowest BCUT2D eigenvalue weighted by molar-refractivity contribution is -0.338. The first kappa shape index (κ1) is 9.79. The molecule has 2 saturated heterocycles. The maximum absolute atomic E-state index is 12.1. The molecule has 0 aromatic carbocycles. The molecule has 3 unspecified atom stereocenters. The molecular weight excluding hydrogens is 192 g/mol. The Labute approximate surface area is 89.8 Å². The first-order chi connectivity index (χ1) is 7.07. The van der Waals surface area contributed by atoms with E-state index in [0.717, 1.165) is 32.1 Å². The van der Waals surface area contributed by atoms with Crippen molar-refractivity contribution >= 4 is 5.78 Å². The van der Waals surface area contributed by atoms with Crippen molar-refractivity contribution in [1.29, 1.82) is 0 Å². The van der Waals surface area contributed by atoms with Gasteiger partial charge in [0.05, 0.1) is 11.5 Å². The highest BCUT2D eigenvalue weighted by Gasteiger charge is 2.62. The molecule has 0 amide bonds. The second-order valence-corrected chi connectivity index (χ2v) is 5.43. The SMILES string of the molecule is CC1C(=O)C2CCC1(O)OC21CCCC1. The molecule has 3 heteroatoms. The van der Waals surface area contributed by atoms with Crippen molar-refractivity contribution in [2.24, 2.45) is 11.8 Å². The Balaban J connectivity index is 2.00. The van der Waals surface area contributed by atoms with Crippen LogP contribution in [0.1, 0.15) is 45.4 Å². The van der Waals surface area contributed by atoms with Gasteiger partial charge in [0.25, 0.3) is 0 Å². The molecular formula is C12H18O3. The maximum Gasteiger partial charge on any atom is 0.175 e. The van der Waals surface area contributed by atoms with Crippen LogP contribution in [0.3, 0.4) is 0 Å². The molecule has 2 aliphatic carbocycles. The molecule has 4 fully saturated rings. The minimum absolute atomic E-state index is 0.0593. The Morgan fingerprint density at radius 3 is 2.60 bits per heavy atom. The van der Waals surface area contributed by atoms with Crippen molar-refractivity contribution in [3.05, 3.63) is 0 Å². The summed E-state index contributed by atoms with van der Waals surface area (Å²) in [5.41, 5.74) is -0.295. The van der Waals surface area contributed by atoms with E-state index in [-0.39, 0.29) is 23.2 Å². The van der Waals surface area contributed by atoms with Gasteiger partial charge in [-0.05, 0) is 19.3 Å². The van der Waals surface area contributed by atoms with Gasteiger partial charge in [0.2, 0.25) is 0 Å². The van der Waals surface area contributed by atoms with Crippen molar-refractivity contribution in [2.45, 2.75) is 56.8 Å². The zero-order valence-corrected chi connectivity index (χ0v) is 9.16. The second kappa shape index (κ2) is 2.83. The van der Waals surface area contributed by atoms with E-state index in [1.165, 1.54) is 0 Å². The van der Waals surface area contributed by atoms with Crippen LogP contribution in [-0.4, -0.2) is 22.3 Å². The molecule has 4 aliphatic rings. The summed E-state index contributed by atoms with van der Waals surface area (Å²) in [4.78, 5) is 12.1. The predicted octanol–water partition coefficient (Wildman–Crippen LogP) is 1.63. The molecule has 3 atom stereocenters. The first-order valence-corrected chi connectivity index (χ1v) is 6.04. The number of rotatable bonds is 0. The zero-order chi connectivity index (χ0) is 10.7. The number of fused-ring (bicyclic) bond motifs is 2. The number of Topliss-reactive ketones (excluding diaryl/α,β-unsaturated/α-hetero) is 1. The van der Waals surface area contributed by atoms with Gasteiger partial charge in [0, 0.05) is 12.3 Å². The summed E-state index contributed by atoms with van der Waals surface area (Å²) >= 11 is 0. The van der Waals surface area contributed by atoms with Gasteiger partial charge in [0.15, 0.2) is 5.79 Å². The second-order valence-electron chi connectivity index (χ2n) is 5.43. The van der Waals surface area contributed by atoms with Gasteiger partial charge >= 0.3 is 0 Å². The van der Waals surface area contributed by atoms with Gasteiger partial charge in [-0.2, -0.15) is 0 Å². The van der Waals surface area contributed by atoms with E-state index in [1.54, 1.807) is 6.92 Å². The van der Waals surface area contributed by atoms with Crippen molar-refractivity contribution in [3.63, 3.8) is 0 Å². The number of hydrogen-bond acceptors (Lipinski definition) is 3. The zero-order valence-electron chi connectivity index (χ0n) is 9.16. The fourth-order valence-corrected chi connectivity index (χ4v) is 3.74. The molecule has 1 spiro atoms. The van der Waals surface area contributed by atoms with Crippen LogP contribution in [0.25, 0.3) is 0 Å². The number of aliphatic hydroxyl groups is 1. The van der Waals surface area contributed by atoms with Crippen LogP contribution in [0.2, 0.25) is 0 Å². The molecule has 0 radical (unpaired) electrons. The number of ketones is 1. The van der Waals surface area contributed by atoms with E-state index in [9.17, 15) is 9.90 Å². The molecule has 3 nitrogen and oxygen atoms in total. The highest BCUT2D eigenvalue weighted by Crippen LogP contribution is 2.55. The number of carbonyl (C=O) groups is 1. The van der Waals surface area contributed by atoms with Crippen molar-refractivity contribution < 1.29 is 14.6 Å². The topological polar surface area (TPSA) is 46.5 Å². The smallest absolute Gasteiger partial charge is 0.175 e. The normalized spacial score (nSPS) is 47.7. The van der Waals surface area contributed by atoms with Gasteiger partial charge in [-0.1, -0.05) is 19.8 Å². The standard InChI is InChI=1S/C12H18O3/c1-8-10(13)9-4-7-12(8,14)15-11(9)5-2-3-6-11/h8-9,14H,2-7H2,1H3. The Morgan fingerprint density at radius 1 is 1.33 bits per heavy atom. The van der Waals surface area contributed by atoms with Gasteiger partial charge in [-0.3, -0.25) is 4.79 Å². The summed E-state index contributed by atoms with van der Waals surface area (Å²) in [6.07, 6.45) is 5.63. The number of hydrogen-bond donors (Lipinski definition) is 1. The van der Waals surface area contributed by atoms with E-state index in [1.807, 2.05) is 0 Å². The third-order valence-corrected chi connectivity index (χ3v) is 4.70. The maximum atomic E-state index is 12.1. The van der Waals surface area contributed by atoms with Crippen LogP contribution in [0.5, 0.6) is 0 Å². The van der Waals surface area contributed by atoms with Crippen molar-refractivity contribution in [2.75, 3.05) is 0 Å². The van der Waals surface area contributed by atoms with Gasteiger partial charge in [-0.15, -0.1) is 0 Å². The average molecular weight is 210 g/mol. The van der Waals surface area contributed by atoms with Gasteiger partial charge in [-0.25, -0.2) is 0 Å². The molecule has 0 aromatic heterocycles. The quantitative estimate of drug-likeness (QED) is 0.661. The Kier molecular flexibility index (Phi) is 1.85. The lowest BCUT2D eigenvalue weighted by Gasteiger charge is -2.55. The molecule has 2 heterocycles. The molecule has 15 heavy (non-hydrogen) atoms. The summed E-state index contributed by atoms with van der Waals surface area (Å²) < 4.78 is 5.94. The van der Waals surface area contributed by atoms with Gasteiger partial charge < -0.3 is 9.84 Å². The Morgan fingerprint density at radius 2 is 2.00 bits per heavy atom. The van der Waals surface area contributed by atoms with E-state index in [0.29, 0.717) is 6.42 Å². The number of ether oxygens (including phenoxy) is 1. The minimum Gasteiger partial charge on any atom is -0.365 e. The van der Waals surface area contributed by atoms with Crippen LogP contribution in [0.15, 0.2) is 0 Å². The molecule has 84 valence electrons. The molecule has 2 aliphatic heterocycles. The third kappa shape index (κ3) is 1.11. The Bertz CT molecular complexity index is 306. The van der Waals surface area contributed by atoms with E-state index in [2.05, 4.69) is 0 Å². The van der Waals surface area contributed by atoms with E-state index >= 15 is 0 Å². The fraction of sp³-hybridized carbons (Fsp3) is 0.917. The largest absolute Gasteiger partial charge is 0.365 e. The van der Waals surface area contributed by atoms with Crippen molar-refractivity contribution in [3.8, 4) is 0 Å². The van der Waals surface area contributed by atoms with E-state index in [4.69, 9.17) is 4.74 Å². The molecule has 0 aromatic rings. The first-order valence-electron chi connectivity index (χ1n) is 6.04. The predicted molar refractivity (Wildman–Crippen MR) is 54.1 cm³/mol. The summed E-state index contributed by atoms with van der Waals surface area (Å²) in [6, 6.07) is 0. The molecule has 4 rings (SSSR count). The highest BCUT2D eigenvalue weighted by atomic mass is 16.6. The van der Waals surface area contributed by atoms with Crippen LogP contribution in [-0.2, 0) is 9.53 Å². The average Bonchev–Trinajstić information content (AvgIpc) is 2.62. The highest BCUT2D eigenvalue weighted by molar-refractivity contribution is 5.87. The van der Waals surface area contributed by atoms with Crippen LogP contribution < -0.4 is 0 Å². The molecule has 1 N–H and O–H groups in total. The monoisotopic (exact) mass is 210 g/mol. The Hall–Kier alpha value is -0.410. The fourth-order valence-electron chi connectivity index (χ4n) is 3.74. The lowest BCUT2D eigenvalue weighted by Crippen LogP contribution is -2.65. The van der Waals surface area contributed by atoms with Gasteiger partial charge in [0.1, 0.15) is 5.78 Å². The molecule has 2 bridgehead atoms. The third-order valence-electron chi connectivity index (χ3n) is 4.70. The summed E-state index contributed by atoms with van der Waals surface area (Å²) in [6.45, 7) is 1.80. The summed E-state index contributed by atoms with van der Waals surface area (Å²) in [5, 5.41) is 10.3. The van der Waals surface area contributed by atoms with Crippen LogP contribution in [0, 0.1) is 11.8 Å².